The number of carbonyl (C=O) groups is 4. The van der Waals surface area contributed by atoms with E-state index in [0.29, 0.717) is 24.1 Å². The van der Waals surface area contributed by atoms with Crippen molar-refractivity contribution in [3.8, 4) is 0 Å². The second-order valence-corrected chi connectivity index (χ2v) is 10.8. The van der Waals surface area contributed by atoms with Crippen LogP contribution in [0.5, 0.6) is 0 Å². The van der Waals surface area contributed by atoms with Gasteiger partial charge in [0.1, 0.15) is 6.04 Å². The van der Waals surface area contributed by atoms with E-state index in [4.69, 9.17) is 28.4 Å². The van der Waals surface area contributed by atoms with Crippen molar-refractivity contribution in [3.63, 3.8) is 0 Å². The van der Waals surface area contributed by atoms with E-state index < -0.39 is 46.5 Å². The number of hydrogen-bond donors (Lipinski definition) is 5. The number of benzene rings is 2. The summed E-state index contributed by atoms with van der Waals surface area (Å²) in [7, 11) is 0. The van der Waals surface area contributed by atoms with E-state index in [0.717, 1.165) is 0 Å². The van der Waals surface area contributed by atoms with E-state index in [2.05, 4.69) is 10.6 Å². The number of hydroxylamine groups is 1. The minimum absolute atomic E-state index is 0.00713. The fraction of sp³-hybridized carbons (Fsp3) is 0.385. The molecular formula is C26H29Cl2N3O6. The summed E-state index contributed by atoms with van der Waals surface area (Å²) in [5.41, 5.74) is 1.09. The molecule has 3 atom stereocenters. The molecule has 0 aromatic heterocycles. The van der Waals surface area contributed by atoms with Gasteiger partial charge >= 0.3 is 5.97 Å². The Hall–Kier alpha value is -3.14. The molecule has 0 aliphatic heterocycles. The number of rotatable bonds is 8. The lowest BCUT2D eigenvalue weighted by Gasteiger charge is -2.39. The van der Waals surface area contributed by atoms with Crippen LogP contribution in [0, 0.1) is 16.7 Å². The molecule has 0 spiro atoms. The molecule has 0 saturated heterocycles. The fourth-order valence-electron chi connectivity index (χ4n) is 4.83. The Morgan fingerprint density at radius 1 is 1.03 bits per heavy atom. The molecule has 9 nitrogen and oxygen atoms in total. The maximum absolute atomic E-state index is 13.1. The zero-order valence-electron chi connectivity index (χ0n) is 20.6. The Morgan fingerprint density at radius 2 is 1.62 bits per heavy atom. The zero-order chi connectivity index (χ0) is 27.5. The standard InChI is InChI=1S/C26H29Cl2N3O6/c1-25(2)16(11-12-26(25,3)24(36)31-37)21(32)30-19(23(34)35)13-14-7-9-15(10-8-14)29-22(33)20-17(27)5-4-6-18(20)28/h4-10,16,19,37H,11-13H2,1-3H3,(H,29,33)(H,30,32)(H,31,36)(H,34,35)/t16-,19+,26+/m1/s1. The van der Waals surface area contributed by atoms with Crippen LogP contribution in [0.3, 0.4) is 0 Å². The summed E-state index contributed by atoms with van der Waals surface area (Å²) >= 11 is 12.2. The second-order valence-electron chi connectivity index (χ2n) is 9.94. The van der Waals surface area contributed by atoms with E-state index >= 15 is 0 Å². The number of halogens is 2. The predicted molar refractivity (Wildman–Crippen MR) is 139 cm³/mol. The van der Waals surface area contributed by atoms with Gasteiger partial charge in [0.25, 0.3) is 5.91 Å². The van der Waals surface area contributed by atoms with Crippen LogP contribution in [0.15, 0.2) is 42.5 Å². The smallest absolute Gasteiger partial charge is 0.326 e. The number of hydrogen-bond acceptors (Lipinski definition) is 5. The highest BCUT2D eigenvalue weighted by Gasteiger charge is 2.58. The maximum atomic E-state index is 13.1. The van der Waals surface area contributed by atoms with Crippen molar-refractivity contribution in [2.45, 2.75) is 46.1 Å². The molecule has 1 saturated carbocycles. The molecule has 0 unspecified atom stereocenters. The molecular weight excluding hydrogens is 521 g/mol. The highest BCUT2D eigenvalue weighted by atomic mass is 35.5. The molecule has 2 aromatic carbocycles. The van der Waals surface area contributed by atoms with Gasteiger partial charge in [-0.25, -0.2) is 10.3 Å². The first-order valence-corrected chi connectivity index (χ1v) is 12.4. The molecule has 1 aliphatic carbocycles. The normalized spacial score (nSPS) is 21.1. The molecule has 37 heavy (non-hydrogen) atoms. The van der Waals surface area contributed by atoms with E-state index in [-0.39, 0.29) is 22.0 Å². The SMILES string of the molecule is CC1(C)[C@@H](C(=O)N[C@@H](Cc2ccc(NC(=O)c3c(Cl)cccc3Cl)cc2)C(=O)O)CC[C@@]1(C)C(=O)NO. The summed E-state index contributed by atoms with van der Waals surface area (Å²) in [6, 6.07) is 10.0. The zero-order valence-corrected chi connectivity index (χ0v) is 22.1. The Kier molecular flexibility index (Phi) is 8.52. The number of anilines is 1. The van der Waals surface area contributed by atoms with Crippen molar-refractivity contribution in [1.29, 1.82) is 0 Å². The Morgan fingerprint density at radius 3 is 2.16 bits per heavy atom. The van der Waals surface area contributed by atoms with Crippen LogP contribution in [-0.2, 0) is 20.8 Å². The Bertz CT molecular complexity index is 1200. The van der Waals surface area contributed by atoms with E-state index in [1.807, 2.05) is 0 Å². The highest BCUT2D eigenvalue weighted by Crippen LogP contribution is 2.56. The van der Waals surface area contributed by atoms with Crippen LogP contribution in [0.1, 0.15) is 49.5 Å². The summed E-state index contributed by atoms with van der Waals surface area (Å²) in [5, 5.41) is 24.6. The summed E-state index contributed by atoms with van der Waals surface area (Å²) in [4.78, 5) is 49.9. The third-order valence-electron chi connectivity index (χ3n) is 7.60. The molecule has 1 fully saturated rings. The van der Waals surface area contributed by atoms with Gasteiger partial charge in [0, 0.05) is 18.0 Å². The van der Waals surface area contributed by atoms with E-state index in [1.165, 1.54) is 0 Å². The lowest BCUT2D eigenvalue weighted by atomic mass is 9.65. The third-order valence-corrected chi connectivity index (χ3v) is 8.23. The second kappa shape index (κ2) is 11.1. The third kappa shape index (κ3) is 5.74. The first-order valence-electron chi connectivity index (χ1n) is 11.6. The highest BCUT2D eigenvalue weighted by molar-refractivity contribution is 6.40. The van der Waals surface area contributed by atoms with Gasteiger partial charge in [-0.1, -0.05) is 62.2 Å². The fourth-order valence-corrected chi connectivity index (χ4v) is 5.40. The van der Waals surface area contributed by atoms with Crippen molar-refractivity contribution >= 4 is 52.6 Å². The lowest BCUT2D eigenvalue weighted by molar-refractivity contribution is -0.148. The topological polar surface area (TPSA) is 145 Å². The van der Waals surface area contributed by atoms with Crippen LogP contribution in [-0.4, -0.2) is 40.0 Å². The quantitative estimate of drug-likeness (QED) is 0.245. The largest absolute Gasteiger partial charge is 0.480 e. The summed E-state index contributed by atoms with van der Waals surface area (Å²) in [6.07, 6.45) is 0.751. The number of amides is 3. The van der Waals surface area contributed by atoms with Crippen molar-refractivity contribution < 1.29 is 29.5 Å². The summed E-state index contributed by atoms with van der Waals surface area (Å²) < 4.78 is 0. The summed E-state index contributed by atoms with van der Waals surface area (Å²) in [6.45, 7) is 5.21. The molecule has 1 aliphatic rings. The average Bonchev–Trinajstić information content (AvgIpc) is 3.08. The van der Waals surface area contributed by atoms with Crippen LogP contribution >= 0.6 is 23.2 Å². The molecule has 11 heteroatoms. The van der Waals surface area contributed by atoms with Gasteiger partial charge in [-0.3, -0.25) is 19.6 Å². The van der Waals surface area contributed by atoms with Crippen LogP contribution in [0.25, 0.3) is 0 Å². The Balaban J connectivity index is 1.68. The minimum atomic E-state index is -1.20. The van der Waals surface area contributed by atoms with Gasteiger partial charge in [0.2, 0.25) is 11.8 Å². The Labute approximate surface area is 224 Å². The number of carbonyl (C=O) groups excluding carboxylic acids is 3. The molecule has 0 heterocycles. The van der Waals surface area contributed by atoms with Crippen LogP contribution in [0.4, 0.5) is 5.69 Å². The van der Waals surface area contributed by atoms with Gasteiger partial charge in [-0.05, 0) is 48.1 Å². The van der Waals surface area contributed by atoms with Gasteiger partial charge < -0.3 is 15.7 Å². The van der Waals surface area contributed by atoms with Crippen molar-refractivity contribution in [3.05, 3.63) is 63.6 Å². The predicted octanol–water partition coefficient (Wildman–Crippen LogP) is 4.31. The number of nitrogens with one attached hydrogen (secondary N) is 3. The first-order chi connectivity index (χ1) is 17.3. The van der Waals surface area contributed by atoms with Gasteiger partial charge in [-0.15, -0.1) is 0 Å². The summed E-state index contributed by atoms with van der Waals surface area (Å²) in [5.74, 6) is -3.35. The molecule has 2 aromatic rings. The molecule has 0 bridgehead atoms. The molecule has 198 valence electrons. The number of aliphatic carboxylic acids is 1. The van der Waals surface area contributed by atoms with Crippen LogP contribution < -0.4 is 16.1 Å². The van der Waals surface area contributed by atoms with Crippen molar-refractivity contribution in [2.75, 3.05) is 5.32 Å². The van der Waals surface area contributed by atoms with Crippen LogP contribution in [0.2, 0.25) is 10.0 Å². The van der Waals surface area contributed by atoms with E-state index in [9.17, 15) is 24.3 Å². The number of carboxylic acid groups (broad SMARTS) is 1. The molecule has 3 amide bonds. The van der Waals surface area contributed by atoms with Gasteiger partial charge in [0.15, 0.2) is 0 Å². The maximum Gasteiger partial charge on any atom is 0.326 e. The van der Waals surface area contributed by atoms with E-state index in [1.54, 1.807) is 68.7 Å². The lowest BCUT2D eigenvalue weighted by Crippen LogP contribution is -2.51. The first kappa shape index (κ1) is 28.4. The van der Waals surface area contributed by atoms with Gasteiger partial charge in [0.05, 0.1) is 21.0 Å². The van der Waals surface area contributed by atoms with Gasteiger partial charge in [-0.2, -0.15) is 0 Å². The molecule has 0 radical (unpaired) electrons. The average molecular weight is 550 g/mol. The molecule has 3 rings (SSSR count). The minimum Gasteiger partial charge on any atom is -0.480 e. The van der Waals surface area contributed by atoms with Crippen molar-refractivity contribution in [2.24, 2.45) is 16.7 Å². The molecule has 5 N–H and O–H groups in total. The monoisotopic (exact) mass is 549 g/mol. The number of carboxylic acids is 1. The van der Waals surface area contributed by atoms with Crippen molar-refractivity contribution in [1.82, 2.24) is 10.8 Å².